The number of fused-ring (bicyclic) bond motifs is 1. The maximum absolute atomic E-state index is 12.5. The number of anilines is 1. The van der Waals surface area contributed by atoms with Crippen LogP contribution in [0.25, 0.3) is 11.0 Å². The smallest absolute Gasteiger partial charge is 0.336 e. The molecule has 0 aliphatic rings. The lowest BCUT2D eigenvalue weighted by Crippen LogP contribution is -2.30. The van der Waals surface area contributed by atoms with Gasteiger partial charge in [-0.3, -0.25) is 4.79 Å². The van der Waals surface area contributed by atoms with Crippen molar-refractivity contribution < 1.29 is 13.9 Å². The SMILES string of the molecule is CCc1cc(=O)oc2cc(O[C@@H](C)C(=O)Nc3ccc(C)cc3C)ccc12. The largest absolute Gasteiger partial charge is 0.481 e. The molecule has 27 heavy (non-hydrogen) atoms. The van der Waals surface area contributed by atoms with Crippen LogP contribution in [0.2, 0.25) is 0 Å². The molecule has 1 heterocycles. The van der Waals surface area contributed by atoms with Crippen LogP contribution in [-0.4, -0.2) is 12.0 Å². The van der Waals surface area contributed by atoms with Gasteiger partial charge in [-0.05, 0) is 56.5 Å². The molecule has 0 spiro atoms. The van der Waals surface area contributed by atoms with Crippen LogP contribution in [0.4, 0.5) is 5.69 Å². The Hall–Kier alpha value is -3.08. The zero-order valence-corrected chi connectivity index (χ0v) is 16.0. The van der Waals surface area contributed by atoms with Crippen LogP contribution < -0.4 is 15.7 Å². The second-order valence-corrected chi connectivity index (χ2v) is 6.67. The van der Waals surface area contributed by atoms with Crippen LogP contribution in [0.15, 0.2) is 51.7 Å². The molecular formula is C22H23NO4. The minimum atomic E-state index is -0.704. The van der Waals surface area contributed by atoms with Gasteiger partial charge in [0, 0.05) is 23.2 Å². The monoisotopic (exact) mass is 365 g/mol. The lowest BCUT2D eigenvalue weighted by molar-refractivity contribution is -0.122. The van der Waals surface area contributed by atoms with Crippen LogP contribution >= 0.6 is 0 Å². The summed E-state index contributed by atoms with van der Waals surface area (Å²) >= 11 is 0. The summed E-state index contributed by atoms with van der Waals surface area (Å²) in [6.07, 6.45) is 0.0287. The first-order valence-corrected chi connectivity index (χ1v) is 8.99. The minimum absolute atomic E-state index is 0.245. The van der Waals surface area contributed by atoms with Crippen LogP contribution in [0.3, 0.4) is 0 Å². The molecule has 0 unspecified atom stereocenters. The minimum Gasteiger partial charge on any atom is -0.481 e. The third-order valence-corrected chi connectivity index (χ3v) is 4.50. The highest BCUT2D eigenvalue weighted by atomic mass is 16.5. The molecule has 1 amide bonds. The fourth-order valence-electron chi connectivity index (χ4n) is 3.02. The number of nitrogens with one attached hydrogen (secondary N) is 1. The van der Waals surface area contributed by atoms with Crippen molar-refractivity contribution in [2.45, 2.75) is 40.2 Å². The molecule has 0 fully saturated rings. The molecule has 5 nitrogen and oxygen atoms in total. The maximum atomic E-state index is 12.5. The molecule has 1 N–H and O–H groups in total. The zero-order valence-electron chi connectivity index (χ0n) is 16.0. The summed E-state index contributed by atoms with van der Waals surface area (Å²) in [6, 6.07) is 12.6. The summed E-state index contributed by atoms with van der Waals surface area (Å²) in [5.74, 6) is 0.230. The molecule has 1 atom stereocenters. The van der Waals surface area contributed by atoms with Gasteiger partial charge in [-0.25, -0.2) is 4.79 Å². The van der Waals surface area contributed by atoms with E-state index in [1.54, 1.807) is 19.1 Å². The third-order valence-electron chi connectivity index (χ3n) is 4.50. The lowest BCUT2D eigenvalue weighted by Gasteiger charge is -2.16. The van der Waals surface area contributed by atoms with E-state index in [1.807, 2.05) is 45.0 Å². The van der Waals surface area contributed by atoms with Gasteiger partial charge < -0.3 is 14.5 Å². The molecule has 3 aromatic rings. The number of amides is 1. The van der Waals surface area contributed by atoms with E-state index >= 15 is 0 Å². The Labute approximate surface area is 158 Å². The van der Waals surface area contributed by atoms with Crippen LogP contribution in [0, 0.1) is 13.8 Å². The summed E-state index contributed by atoms with van der Waals surface area (Å²) in [5.41, 5.74) is 3.89. The average Bonchev–Trinajstić information content (AvgIpc) is 2.62. The highest BCUT2D eigenvalue weighted by Gasteiger charge is 2.16. The number of carbonyl (C=O) groups is 1. The van der Waals surface area contributed by atoms with Crippen molar-refractivity contribution in [3.8, 4) is 5.75 Å². The Bertz CT molecular complexity index is 1050. The van der Waals surface area contributed by atoms with Crippen molar-refractivity contribution in [2.24, 2.45) is 0 Å². The van der Waals surface area contributed by atoms with Gasteiger partial charge in [-0.2, -0.15) is 0 Å². The Morgan fingerprint density at radius 2 is 1.93 bits per heavy atom. The number of hydrogen-bond donors (Lipinski definition) is 1. The molecule has 1 aromatic heterocycles. The summed E-state index contributed by atoms with van der Waals surface area (Å²) in [7, 11) is 0. The predicted octanol–water partition coefficient (Wildman–Crippen LogP) is 4.38. The standard InChI is InChI=1S/C22H23NO4/c1-5-16-11-21(24)27-20-12-17(7-8-18(16)20)26-15(4)22(25)23-19-9-6-13(2)10-14(19)3/h6-12,15H,5H2,1-4H3,(H,23,25)/t15-/m0/s1. The first-order chi connectivity index (χ1) is 12.9. The van der Waals surface area contributed by atoms with Gasteiger partial charge >= 0.3 is 5.63 Å². The molecule has 0 aliphatic carbocycles. The van der Waals surface area contributed by atoms with Gasteiger partial charge in [0.1, 0.15) is 11.3 Å². The van der Waals surface area contributed by atoms with Crippen LogP contribution in [0.1, 0.15) is 30.5 Å². The van der Waals surface area contributed by atoms with Gasteiger partial charge in [-0.15, -0.1) is 0 Å². The second-order valence-electron chi connectivity index (χ2n) is 6.67. The predicted molar refractivity (Wildman–Crippen MR) is 106 cm³/mol. The lowest BCUT2D eigenvalue weighted by atomic mass is 10.1. The fraction of sp³-hybridized carbons (Fsp3) is 0.273. The van der Waals surface area contributed by atoms with E-state index < -0.39 is 11.7 Å². The first-order valence-electron chi connectivity index (χ1n) is 8.99. The molecular weight excluding hydrogens is 342 g/mol. The fourth-order valence-corrected chi connectivity index (χ4v) is 3.02. The topological polar surface area (TPSA) is 68.5 Å². The van der Waals surface area contributed by atoms with Crippen molar-refractivity contribution in [2.75, 3.05) is 5.32 Å². The number of benzene rings is 2. The Kier molecular flexibility index (Phi) is 5.31. The Balaban J connectivity index is 1.77. The number of carbonyl (C=O) groups excluding carboxylic acids is 1. The third kappa shape index (κ3) is 4.19. The van der Waals surface area contributed by atoms with E-state index in [0.717, 1.165) is 34.2 Å². The van der Waals surface area contributed by atoms with E-state index in [9.17, 15) is 9.59 Å². The van der Waals surface area contributed by atoms with Gasteiger partial charge in [-0.1, -0.05) is 24.6 Å². The number of hydrogen-bond acceptors (Lipinski definition) is 4. The molecule has 5 heteroatoms. The zero-order chi connectivity index (χ0) is 19.6. The summed E-state index contributed by atoms with van der Waals surface area (Å²) < 4.78 is 11.0. The summed E-state index contributed by atoms with van der Waals surface area (Å²) in [6.45, 7) is 7.62. The van der Waals surface area contributed by atoms with Crippen molar-refractivity contribution in [3.63, 3.8) is 0 Å². The van der Waals surface area contributed by atoms with E-state index in [2.05, 4.69) is 5.32 Å². The Morgan fingerprint density at radius 1 is 1.15 bits per heavy atom. The first kappa shape index (κ1) is 18.7. The summed E-state index contributed by atoms with van der Waals surface area (Å²) in [4.78, 5) is 24.2. The molecule has 3 rings (SSSR count). The average molecular weight is 365 g/mol. The normalized spacial score (nSPS) is 12.0. The number of ether oxygens (including phenoxy) is 1. The van der Waals surface area contributed by atoms with E-state index in [0.29, 0.717) is 11.3 Å². The number of rotatable bonds is 5. The quantitative estimate of drug-likeness (QED) is 0.682. The van der Waals surface area contributed by atoms with E-state index in [-0.39, 0.29) is 5.91 Å². The summed E-state index contributed by atoms with van der Waals surface area (Å²) in [5, 5.41) is 3.76. The van der Waals surface area contributed by atoms with Crippen molar-refractivity contribution in [1.82, 2.24) is 0 Å². The van der Waals surface area contributed by atoms with Crippen LogP contribution in [-0.2, 0) is 11.2 Å². The van der Waals surface area contributed by atoms with E-state index in [1.165, 1.54) is 6.07 Å². The van der Waals surface area contributed by atoms with E-state index in [4.69, 9.17) is 9.15 Å². The molecule has 2 aromatic carbocycles. The molecule has 0 radical (unpaired) electrons. The van der Waals surface area contributed by atoms with Crippen molar-refractivity contribution >= 4 is 22.6 Å². The highest BCUT2D eigenvalue weighted by Crippen LogP contribution is 2.24. The molecule has 0 bridgehead atoms. The van der Waals surface area contributed by atoms with Crippen molar-refractivity contribution in [1.29, 1.82) is 0 Å². The van der Waals surface area contributed by atoms with Gasteiger partial charge in [0.15, 0.2) is 6.10 Å². The van der Waals surface area contributed by atoms with Gasteiger partial charge in [0.2, 0.25) is 0 Å². The molecule has 140 valence electrons. The van der Waals surface area contributed by atoms with Gasteiger partial charge in [0.25, 0.3) is 5.91 Å². The number of aryl methyl sites for hydroxylation is 3. The second kappa shape index (κ2) is 7.66. The molecule has 0 aliphatic heterocycles. The highest BCUT2D eigenvalue weighted by molar-refractivity contribution is 5.94. The molecule has 0 saturated heterocycles. The molecule has 0 saturated carbocycles. The van der Waals surface area contributed by atoms with Gasteiger partial charge in [0.05, 0.1) is 0 Å². The Morgan fingerprint density at radius 3 is 2.63 bits per heavy atom. The van der Waals surface area contributed by atoms with Crippen LogP contribution in [0.5, 0.6) is 5.75 Å². The van der Waals surface area contributed by atoms with Crippen molar-refractivity contribution in [3.05, 3.63) is 69.6 Å². The maximum Gasteiger partial charge on any atom is 0.336 e.